The average Bonchev–Trinajstić information content (AvgIpc) is 2.77. The zero-order chi connectivity index (χ0) is 19.8. The van der Waals surface area contributed by atoms with Crippen molar-refractivity contribution in [2.75, 3.05) is 13.2 Å². The molecule has 1 unspecified atom stereocenters. The molecule has 1 fully saturated rings. The SMILES string of the molecule is O=C(C(=O)N1CCCCC1C(=O)OCCCc1ccccc1)c1ccccc1. The zero-order valence-electron chi connectivity index (χ0n) is 15.9. The van der Waals surface area contributed by atoms with Gasteiger partial charge in [-0.25, -0.2) is 4.79 Å². The first kappa shape index (κ1) is 19.8. The van der Waals surface area contributed by atoms with Gasteiger partial charge in [0.25, 0.3) is 5.91 Å². The summed E-state index contributed by atoms with van der Waals surface area (Å²) < 4.78 is 5.42. The van der Waals surface area contributed by atoms with Crippen molar-refractivity contribution in [3.8, 4) is 0 Å². The third-order valence-electron chi connectivity index (χ3n) is 4.96. The number of piperidine rings is 1. The molecule has 1 saturated heterocycles. The number of likely N-dealkylation sites (tertiary alicyclic amines) is 1. The van der Waals surface area contributed by atoms with Gasteiger partial charge in [0, 0.05) is 12.1 Å². The van der Waals surface area contributed by atoms with Gasteiger partial charge in [-0.1, -0.05) is 60.7 Å². The molecule has 1 aliphatic rings. The monoisotopic (exact) mass is 379 g/mol. The summed E-state index contributed by atoms with van der Waals surface area (Å²) in [5.41, 5.74) is 1.54. The highest BCUT2D eigenvalue weighted by Gasteiger charge is 2.36. The van der Waals surface area contributed by atoms with Gasteiger partial charge in [0.05, 0.1) is 6.61 Å². The van der Waals surface area contributed by atoms with Gasteiger partial charge in [0.1, 0.15) is 6.04 Å². The molecular weight excluding hydrogens is 354 g/mol. The normalized spacial score (nSPS) is 16.4. The summed E-state index contributed by atoms with van der Waals surface area (Å²) in [6.07, 6.45) is 3.71. The van der Waals surface area contributed by atoms with Crippen LogP contribution in [0.3, 0.4) is 0 Å². The minimum absolute atomic E-state index is 0.304. The van der Waals surface area contributed by atoms with E-state index in [-0.39, 0.29) is 0 Å². The number of hydrogen-bond acceptors (Lipinski definition) is 4. The molecule has 28 heavy (non-hydrogen) atoms. The zero-order valence-corrected chi connectivity index (χ0v) is 15.9. The van der Waals surface area contributed by atoms with Crippen LogP contribution in [0.2, 0.25) is 0 Å². The van der Waals surface area contributed by atoms with Crippen molar-refractivity contribution < 1.29 is 19.1 Å². The number of carbonyl (C=O) groups is 3. The predicted molar refractivity (Wildman–Crippen MR) is 106 cm³/mol. The quantitative estimate of drug-likeness (QED) is 0.320. The molecule has 0 N–H and O–H groups in total. The number of hydrogen-bond donors (Lipinski definition) is 0. The van der Waals surface area contributed by atoms with Gasteiger partial charge >= 0.3 is 5.97 Å². The first-order valence-corrected chi connectivity index (χ1v) is 9.78. The van der Waals surface area contributed by atoms with Gasteiger partial charge in [0.2, 0.25) is 5.78 Å². The fourth-order valence-corrected chi connectivity index (χ4v) is 3.45. The van der Waals surface area contributed by atoms with Crippen LogP contribution >= 0.6 is 0 Å². The van der Waals surface area contributed by atoms with Crippen molar-refractivity contribution in [2.45, 2.75) is 38.1 Å². The lowest BCUT2D eigenvalue weighted by molar-refractivity contribution is -0.155. The second-order valence-corrected chi connectivity index (χ2v) is 6.96. The van der Waals surface area contributed by atoms with Crippen molar-refractivity contribution in [1.82, 2.24) is 4.90 Å². The molecule has 5 nitrogen and oxygen atoms in total. The van der Waals surface area contributed by atoms with Crippen molar-refractivity contribution in [3.63, 3.8) is 0 Å². The molecule has 0 aliphatic carbocycles. The average molecular weight is 379 g/mol. The lowest BCUT2D eigenvalue weighted by atomic mass is 10.0. The standard InChI is InChI=1S/C23H25NO4/c25-21(19-13-5-2-6-14-19)22(26)24-16-8-7-15-20(24)23(27)28-17-9-12-18-10-3-1-4-11-18/h1-6,10-11,13-14,20H,7-9,12,15-17H2. The number of ether oxygens (including phenoxy) is 1. The topological polar surface area (TPSA) is 63.7 Å². The first-order chi connectivity index (χ1) is 13.7. The summed E-state index contributed by atoms with van der Waals surface area (Å²) in [6, 6.07) is 17.8. The van der Waals surface area contributed by atoms with Gasteiger partial charge in [-0.2, -0.15) is 0 Å². The lowest BCUT2D eigenvalue weighted by Crippen LogP contribution is -2.51. The largest absolute Gasteiger partial charge is 0.464 e. The Morgan fingerprint density at radius 2 is 1.61 bits per heavy atom. The van der Waals surface area contributed by atoms with Crippen molar-refractivity contribution >= 4 is 17.7 Å². The molecular formula is C23H25NO4. The number of rotatable bonds is 7. The number of carbonyl (C=O) groups excluding carboxylic acids is 3. The maximum Gasteiger partial charge on any atom is 0.328 e. The third-order valence-corrected chi connectivity index (χ3v) is 4.96. The van der Waals surface area contributed by atoms with E-state index in [2.05, 4.69) is 0 Å². The van der Waals surface area contributed by atoms with E-state index in [0.29, 0.717) is 25.1 Å². The van der Waals surface area contributed by atoms with Gasteiger partial charge in [0.15, 0.2) is 0 Å². The fourth-order valence-electron chi connectivity index (χ4n) is 3.45. The number of benzene rings is 2. The molecule has 2 aromatic rings. The minimum Gasteiger partial charge on any atom is -0.464 e. The molecule has 1 amide bonds. The highest BCUT2D eigenvalue weighted by atomic mass is 16.5. The summed E-state index contributed by atoms with van der Waals surface area (Å²) in [4.78, 5) is 39.1. The van der Waals surface area contributed by atoms with Crippen LogP contribution in [0.4, 0.5) is 0 Å². The van der Waals surface area contributed by atoms with Gasteiger partial charge in [-0.15, -0.1) is 0 Å². The van der Waals surface area contributed by atoms with Crippen LogP contribution in [0.15, 0.2) is 60.7 Å². The van der Waals surface area contributed by atoms with Crippen LogP contribution in [0, 0.1) is 0 Å². The summed E-state index contributed by atoms with van der Waals surface area (Å²) in [7, 11) is 0. The molecule has 1 atom stereocenters. The summed E-state index contributed by atoms with van der Waals surface area (Å²) in [6.45, 7) is 0.708. The Morgan fingerprint density at radius 3 is 2.32 bits per heavy atom. The Hall–Kier alpha value is -2.95. The Bertz CT molecular complexity index is 804. The third kappa shape index (κ3) is 5.06. The van der Waals surface area contributed by atoms with E-state index in [1.54, 1.807) is 30.3 Å². The molecule has 1 aliphatic heterocycles. The second-order valence-electron chi connectivity index (χ2n) is 6.96. The molecule has 0 aromatic heterocycles. The van der Waals surface area contributed by atoms with Crippen LogP contribution in [0.1, 0.15) is 41.6 Å². The first-order valence-electron chi connectivity index (χ1n) is 9.78. The molecule has 146 valence electrons. The Morgan fingerprint density at radius 1 is 0.929 bits per heavy atom. The molecule has 5 heteroatoms. The van der Waals surface area contributed by atoms with E-state index >= 15 is 0 Å². The van der Waals surface area contributed by atoms with E-state index < -0.39 is 23.7 Å². The molecule has 3 rings (SSSR count). The van der Waals surface area contributed by atoms with E-state index in [1.807, 2.05) is 30.3 Å². The molecule has 1 heterocycles. The second kappa shape index (κ2) is 9.83. The molecule has 2 aromatic carbocycles. The number of aryl methyl sites for hydroxylation is 1. The van der Waals surface area contributed by atoms with E-state index in [1.165, 1.54) is 10.5 Å². The van der Waals surface area contributed by atoms with Crippen LogP contribution in [-0.4, -0.2) is 41.8 Å². The Balaban J connectivity index is 1.55. The van der Waals surface area contributed by atoms with Crippen LogP contribution in [0.5, 0.6) is 0 Å². The Labute approximate surface area is 165 Å². The smallest absolute Gasteiger partial charge is 0.328 e. The van der Waals surface area contributed by atoms with Crippen LogP contribution < -0.4 is 0 Å². The number of Topliss-reactive ketones (excluding diaryl/α,β-unsaturated/α-hetero) is 1. The van der Waals surface area contributed by atoms with E-state index in [9.17, 15) is 14.4 Å². The number of nitrogens with zero attached hydrogens (tertiary/aromatic N) is 1. The molecule has 0 saturated carbocycles. The van der Waals surface area contributed by atoms with Gasteiger partial charge < -0.3 is 9.64 Å². The summed E-state index contributed by atoms with van der Waals surface area (Å²) >= 11 is 0. The lowest BCUT2D eigenvalue weighted by Gasteiger charge is -2.33. The summed E-state index contributed by atoms with van der Waals surface area (Å²) in [5.74, 6) is -1.62. The van der Waals surface area contributed by atoms with Crippen LogP contribution in [0.25, 0.3) is 0 Å². The number of esters is 1. The van der Waals surface area contributed by atoms with E-state index in [0.717, 1.165) is 25.7 Å². The summed E-state index contributed by atoms with van der Waals surface area (Å²) in [5, 5.41) is 0. The highest BCUT2D eigenvalue weighted by molar-refractivity contribution is 6.43. The molecule has 0 spiro atoms. The van der Waals surface area contributed by atoms with Crippen molar-refractivity contribution in [1.29, 1.82) is 0 Å². The van der Waals surface area contributed by atoms with Crippen LogP contribution in [-0.2, 0) is 20.7 Å². The van der Waals surface area contributed by atoms with Gasteiger partial charge in [-0.3, -0.25) is 9.59 Å². The number of ketones is 1. The number of amides is 1. The van der Waals surface area contributed by atoms with Crippen molar-refractivity contribution in [2.24, 2.45) is 0 Å². The van der Waals surface area contributed by atoms with Gasteiger partial charge in [-0.05, 0) is 37.7 Å². The van der Waals surface area contributed by atoms with E-state index in [4.69, 9.17) is 4.74 Å². The van der Waals surface area contributed by atoms with Crippen molar-refractivity contribution in [3.05, 3.63) is 71.8 Å². The fraction of sp³-hybridized carbons (Fsp3) is 0.348. The Kier molecular flexibility index (Phi) is 6.95. The molecule has 0 bridgehead atoms. The maximum absolute atomic E-state index is 12.7. The predicted octanol–water partition coefficient (Wildman–Crippen LogP) is 3.43. The maximum atomic E-state index is 12.7. The highest BCUT2D eigenvalue weighted by Crippen LogP contribution is 2.20. The minimum atomic E-state index is -0.675. The molecule has 0 radical (unpaired) electrons.